The minimum atomic E-state index is -3.66. The van der Waals surface area contributed by atoms with E-state index >= 15 is 0 Å². The number of hydrogen-bond donors (Lipinski definition) is 1. The van der Waals surface area contributed by atoms with Crippen molar-refractivity contribution in [2.45, 2.75) is 0 Å². The minimum absolute atomic E-state index is 0.295. The highest BCUT2D eigenvalue weighted by Gasteiger charge is 2.21. The van der Waals surface area contributed by atoms with Crippen LogP contribution in [0, 0.1) is 0 Å². The fourth-order valence-corrected chi connectivity index (χ4v) is 4.02. The molecule has 3 rings (SSSR count). The Morgan fingerprint density at radius 3 is 2.41 bits per heavy atom. The number of hydrogen-bond acceptors (Lipinski definition) is 6. The maximum absolute atomic E-state index is 12.4. The van der Waals surface area contributed by atoms with E-state index in [1.54, 1.807) is 12.1 Å². The average Bonchev–Trinajstić information content (AvgIpc) is 3.09. The van der Waals surface area contributed by atoms with Crippen LogP contribution in [0.2, 0.25) is 5.02 Å². The zero-order valence-corrected chi connectivity index (χ0v) is 16.6. The third kappa shape index (κ3) is 5.03. The van der Waals surface area contributed by atoms with E-state index in [-0.39, 0.29) is 6.54 Å². The molecule has 2 aromatic carbocycles. The van der Waals surface area contributed by atoms with E-state index in [1.165, 1.54) is 23.5 Å². The Morgan fingerprint density at radius 1 is 1.11 bits per heavy atom. The number of halogens is 1. The van der Waals surface area contributed by atoms with Gasteiger partial charge in [-0.1, -0.05) is 53.3 Å². The van der Waals surface area contributed by atoms with Crippen LogP contribution in [-0.4, -0.2) is 37.3 Å². The zero-order valence-electron chi connectivity index (χ0n) is 14.2. The first-order chi connectivity index (χ1) is 12.8. The van der Waals surface area contributed by atoms with Crippen molar-refractivity contribution in [1.29, 1.82) is 0 Å². The normalized spacial score (nSPS) is 11.2. The molecular formula is C17H15ClN4O3S2. The van der Waals surface area contributed by atoms with Gasteiger partial charge in [0.05, 0.1) is 11.9 Å². The Morgan fingerprint density at radius 2 is 1.78 bits per heavy atom. The minimum Gasteiger partial charge on any atom is -0.299 e. The van der Waals surface area contributed by atoms with Crippen molar-refractivity contribution in [3.63, 3.8) is 0 Å². The summed E-state index contributed by atoms with van der Waals surface area (Å²) in [6, 6.07) is 15.6. The van der Waals surface area contributed by atoms with E-state index in [9.17, 15) is 13.2 Å². The van der Waals surface area contributed by atoms with E-state index in [4.69, 9.17) is 11.6 Å². The first kappa shape index (κ1) is 19.3. The maximum atomic E-state index is 12.4. The van der Waals surface area contributed by atoms with Crippen LogP contribution in [-0.2, 0) is 14.8 Å². The topological polar surface area (TPSA) is 92.3 Å². The number of aromatic nitrogens is 2. The number of nitrogens with one attached hydrogen (secondary N) is 1. The number of carbonyl (C=O) groups excluding carboxylic acids is 1. The zero-order chi connectivity index (χ0) is 19.4. The maximum Gasteiger partial charge on any atom is 0.246 e. The lowest BCUT2D eigenvalue weighted by atomic mass is 10.2. The Balaban J connectivity index is 1.73. The molecule has 1 amide bonds. The summed E-state index contributed by atoms with van der Waals surface area (Å²) in [5, 5.41) is 12.0. The van der Waals surface area contributed by atoms with Gasteiger partial charge < -0.3 is 0 Å². The Kier molecular flexibility index (Phi) is 5.73. The largest absolute Gasteiger partial charge is 0.299 e. The summed E-state index contributed by atoms with van der Waals surface area (Å²) in [7, 11) is -3.66. The fraction of sp³-hybridized carbons (Fsp3) is 0.118. The molecule has 0 saturated carbocycles. The monoisotopic (exact) mass is 422 g/mol. The average molecular weight is 423 g/mol. The van der Waals surface area contributed by atoms with Gasteiger partial charge in [0, 0.05) is 10.6 Å². The molecule has 10 heteroatoms. The summed E-state index contributed by atoms with van der Waals surface area (Å²) in [6.45, 7) is -0.388. The quantitative estimate of drug-likeness (QED) is 0.658. The lowest BCUT2D eigenvalue weighted by molar-refractivity contribution is -0.114. The number of sulfonamides is 1. The standard InChI is InChI=1S/C17H15ClN4O3S2/c1-27(24,25)22(14-9-7-13(18)8-10-14)11-15(23)19-17-21-20-16(26-17)12-5-3-2-4-6-12/h2-10H,11H2,1H3,(H,19,21,23). The third-order valence-electron chi connectivity index (χ3n) is 3.49. The first-order valence-corrected chi connectivity index (χ1v) is 10.8. The number of benzene rings is 2. The summed E-state index contributed by atoms with van der Waals surface area (Å²) in [6.07, 6.45) is 1.04. The van der Waals surface area contributed by atoms with E-state index in [1.807, 2.05) is 30.3 Å². The highest BCUT2D eigenvalue weighted by atomic mass is 35.5. The summed E-state index contributed by atoms with van der Waals surface area (Å²) in [4.78, 5) is 12.4. The second-order valence-electron chi connectivity index (χ2n) is 5.57. The van der Waals surface area contributed by atoms with E-state index in [0.29, 0.717) is 20.8 Å². The number of carbonyl (C=O) groups is 1. The molecule has 0 fully saturated rings. The van der Waals surface area contributed by atoms with Crippen LogP contribution in [0.1, 0.15) is 0 Å². The van der Waals surface area contributed by atoms with Crippen LogP contribution in [0.4, 0.5) is 10.8 Å². The summed E-state index contributed by atoms with van der Waals surface area (Å²) >= 11 is 7.04. The van der Waals surface area contributed by atoms with Gasteiger partial charge in [-0.05, 0) is 24.3 Å². The molecular weight excluding hydrogens is 408 g/mol. The van der Waals surface area contributed by atoms with E-state index in [0.717, 1.165) is 16.1 Å². The van der Waals surface area contributed by atoms with Crippen molar-refractivity contribution >= 4 is 49.7 Å². The molecule has 7 nitrogen and oxygen atoms in total. The molecule has 0 saturated heterocycles. The molecule has 0 atom stereocenters. The molecule has 1 aromatic heterocycles. The summed E-state index contributed by atoms with van der Waals surface area (Å²) < 4.78 is 25.2. The van der Waals surface area contributed by atoms with Crippen molar-refractivity contribution in [2.24, 2.45) is 0 Å². The van der Waals surface area contributed by atoms with Gasteiger partial charge in [0.1, 0.15) is 11.6 Å². The molecule has 0 aliphatic rings. The predicted molar refractivity (Wildman–Crippen MR) is 108 cm³/mol. The van der Waals surface area contributed by atoms with Crippen molar-refractivity contribution in [3.8, 4) is 10.6 Å². The lowest BCUT2D eigenvalue weighted by Gasteiger charge is -2.21. The molecule has 27 heavy (non-hydrogen) atoms. The molecule has 140 valence electrons. The Bertz CT molecular complexity index is 1040. The van der Waals surface area contributed by atoms with Gasteiger partial charge in [-0.15, -0.1) is 10.2 Å². The fourth-order valence-electron chi connectivity index (χ4n) is 2.27. The second-order valence-corrected chi connectivity index (χ2v) is 8.89. The van der Waals surface area contributed by atoms with Crippen molar-refractivity contribution in [1.82, 2.24) is 10.2 Å². The van der Waals surface area contributed by atoms with Crippen molar-refractivity contribution in [2.75, 3.05) is 22.4 Å². The van der Waals surface area contributed by atoms with E-state index in [2.05, 4.69) is 15.5 Å². The van der Waals surface area contributed by atoms with Gasteiger partial charge in [0.2, 0.25) is 21.1 Å². The van der Waals surface area contributed by atoms with Gasteiger partial charge >= 0.3 is 0 Å². The van der Waals surface area contributed by atoms with Gasteiger partial charge in [0.15, 0.2) is 0 Å². The highest BCUT2D eigenvalue weighted by Crippen LogP contribution is 2.26. The van der Waals surface area contributed by atoms with Crippen LogP contribution < -0.4 is 9.62 Å². The predicted octanol–water partition coefficient (Wildman–Crippen LogP) is 3.26. The third-order valence-corrected chi connectivity index (χ3v) is 5.77. The molecule has 0 radical (unpaired) electrons. The molecule has 0 aliphatic heterocycles. The number of nitrogens with zero attached hydrogens (tertiary/aromatic N) is 3. The van der Waals surface area contributed by atoms with Gasteiger partial charge in [-0.2, -0.15) is 0 Å². The Labute approximate surface area is 165 Å². The molecule has 3 aromatic rings. The van der Waals surface area contributed by atoms with Gasteiger partial charge in [-0.3, -0.25) is 14.4 Å². The van der Waals surface area contributed by atoms with E-state index < -0.39 is 15.9 Å². The smallest absolute Gasteiger partial charge is 0.246 e. The van der Waals surface area contributed by atoms with Crippen LogP contribution >= 0.6 is 22.9 Å². The SMILES string of the molecule is CS(=O)(=O)N(CC(=O)Nc1nnc(-c2ccccc2)s1)c1ccc(Cl)cc1. The molecule has 1 N–H and O–H groups in total. The summed E-state index contributed by atoms with van der Waals surface area (Å²) in [5.41, 5.74) is 1.23. The highest BCUT2D eigenvalue weighted by molar-refractivity contribution is 7.92. The van der Waals surface area contributed by atoms with Crippen LogP contribution in [0.15, 0.2) is 54.6 Å². The van der Waals surface area contributed by atoms with Crippen LogP contribution in [0.3, 0.4) is 0 Å². The van der Waals surface area contributed by atoms with Crippen LogP contribution in [0.5, 0.6) is 0 Å². The number of amides is 1. The molecule has 0 aliphatic carbocycles. The molecule has 0 spiro atoms. The lowest BCUT2D eigenvalue weighted by Crippen LogP contribution is -2.37. The Hall–Kier alpha value is -2.49. The molecule has 1 heterocycles. The number of anilines is 2. The number of rotatable bonds is 6. The van der Waals surface area contributed by atoms with Crippen molar-refractivity contribution in [3.05, 3.63) is 59.6 Å². The summed E-state index contributed by atoms with van der Waals surface area (Å²) in [5.74, 6) is -0.522. The second kappa shape index (κ2) is 8.03. The first-order valence-electron chi connectivity index (χ1n) is 7.75. The van der Waals surface area contributed by atoms with Gasteiger partial charge in [0.25, 0.3) is 0 Å². The molecule has 0 bridgehead atoms. The molecule has 0 unspecified atom stereocenters. The van der Waals surface area contributed by atoms with Crippen molar-refractivity contribution < 1.29 is 13.2 Å². The van der Waals surface area contributed by atoms with Crippen LogP contribution in [0.25, 0.3) is 10.6 Å². The van der Waals surface area contributed by atoms with Gasteiger partial charge in [-0.25, -0.2) is 8.42 Å².